The van der Waals surface area contributed by atoms with Crippen LogP contribution in [0.4, 0.5) is 0 Å². The number of aliphatic hydroxyl groups is 1. The van der Waals surface area contributed by atoms with E-state index in [0.717, 1.165) is 17.1 Å². The van der Waals surface area contributed by atoms with Gasteiger partial charge in [-0.15, -0.1) is 0 Å². The molecular weight excluding hydrogens is 300 g/mol. The number of nitrogens with one attached hydrogen (secondary N) is 1. The molecule has 2 heterocycles. The van der Waals surface area contributed by atoms with Gasteiger partial charge in [-0.1, -0.05) is 35.5 Å². The number of aromatic nitrogens is 1. The third-order valence-corrected chi connectivity index (χ3v) is 4.78. The van der Waals surface area contributed by atoms with Gasteiger partial charge in [0.1, 0.15) is 11.3 Å². The van der Waals surface area contributed by atoms with Gasteiger partial charge in [-0.3, -0.25) is 4.79 Å². The quantitative estimate of drug-likeness (QED) is 0.904. The smallest absolute Gasteiger partial charge is 0.252 e. The van der Waals surface area contributed by atoms with Gasteiger partial charge in [0.2, 0.25) is 0 Å². The van der Waals surface area contributed by atoms with Gasteiger partial charge < -0.3 is 14.9 Å². The molecule has 2 N–H and O–H groups in total. The second-order valence-corrected chi connectivity index (χ2v) is 6.60. The minimum absolute atomic E-state index is 0.255. The average molecular weight is 318 g/mol. The first-order valence-corrected chi connectivity index (χ1v) is 8.42. The van der Waals surface area contributed by atoms with E-state index in [0.29, 0.717) is 24.3 Å². The normalized spacial score (nSPS) is 17.1. The number of carbonyl (C=O) groups is 1. The van der Waals surface area contributed by atoms with Gasteiger partial charge >= 0.3 is 0 Å². The summed E-state index contributed by atoms with van der Waals surface area (Å²) in [5.74, 6) is 1.97. The van der Waals surface area contributed by atoms with Gasteiger partial charge in [0.25, 0.3) is 5.91 Å². The van der Waals surface area contributed by atoms with Gasteiger partial charge in [0, 0.05) is 11.6 Å². The molecule has 22 heavy (non-hydrogen) atoms. The summed E-state index contributed by atoms with van der Waals surface area (Å²) in [5.41, 5.74) is 0.341. The topological polar surface area (TPSA) is 75.4 Å². The van der Waals surface area contributed by atoms with E-state index in [1.165, 1.54) is 0 Å². The van der Waals surface area contributed by atoms with E-state index < -0.39 is 5.60 Å². The second-order valence-electron chi connectivity index (χ2n) is 5.38. The first kappa shape index (κ1) is 15.1. The van der Waals surface area contributed by atoms with Crippen LogP contribution in [0.5, 0.6) is 0 Å². The lowest BCUT2D eigenvalue weighted by Gasteiger charge is -2.30. The van der Waals surface area contributed by atoms with Crippen molar-refractivity contribution in [1.82, 2.24) is 10.5 Å². The highest BCUT2D eigenvalue weighted by atomic mass is 32.2. The molecule has 1 aliphatic rings. The highest BCUT2D eigenvalue weighted by Crippen LogP contribution is 2.27. The molecule has 116 valence electrons. The molecule has 0 aliphatic carbocycles. The molecule has 0 spiro atoms. The lowest BCUT2D eigenvalue weighted by Crippen LogP contribution is -2.48. The van der Waals surface area contributed by atoms with Gasteiger partial charge in [-0.05, 0) is 24.3 Å². The van der Waals surface area contributed by atoms with E-state index in [1.807, 2.05) is 30.3 Å². The van der Waals surface area contributed by atoms with Crippen LogP contribution >= 0.6 is 11.8 Å². The summed E-state index contributed by atoms with van der Waals surface area (Å²) in [6.45, 7) is 0.255. The molecule has 1 aliphatic heterocycles. The fraction of sp³-hybridized carbons (Fsp3) is 0.375. The van der Waals surface area contributed by atoms with Crippen molar-refractivity contribution in [2.45, 2.75) is 25.0 Å². The lowest BCUT2D eigenvalue weighted by atomic mass is 9.96. The van der Waals surface area contributed by atoms with Crippen LogP contribution in [0, 0.1) is 0 Å². The van der Waals surface area contributed by atoms with Gasteiger partial charge in [0.15, 0.2) is 5.76 Å². The van der Waals surface area contributed by atoms with Crippen molar-refractivity contribution in [3.63, 3.8) is 0 Å². The van der Waals surface area contributed by atoms with E-state index in [1.54, 1.807) is 17.8 Å². The molecule has 0 saturated carbocycles. The van der Waals surface area contributed by atoms with Crippen LogP contribution in [0.2, 0.25) is 0 Å². The molecule has 1 amide bonds. The summed E-state index contributed by atoms with van der Waals surface area (Å²) in [6, 6.07) is 11.5. The maximum absolute atomic E-state index is 12.1. The van der Waals surface area contributed by atoms with Crippen LogP contribution < -0.4 is 5.32 Å². The van der Waals surface area contributed by atoms with Crippen molar-refractivity contribution in [1.29, 1.82) is 0 Å². The maximum atomic E-state index is 12.1. The molecule has 5 nitrogen and oxygen atoms in total. The van der Waals surface area contributed by atoms with Crippen molar-refractivity contribution < 1.29 is 14.4 Å². The Morgan fingerprint density at radius 1 is 1.32 bits per heavy atom. The molecule has 6 heteroatoms. The summed E-state index contributed by atoms with van der Waals surface area (Å²) in [5, 5.41) is 17.0. The minimum atomic E-state index is -1.24. The van der Waals surface area contributed by atoms with E-state index in [2.05, 4.69) is 10.5 Å². The Kier molecular flexibility index (Phi) is 4.49. The molecule has 1 aromatic carbocycles. The molecule has 0 bridgehead atoms. The van der Waals surface area contributed by atoms with Crippen molar-refractivity contribution >= 4 is 17.7 Å². The number of hydrogen-bond donors (Lipinski definition) is 2. The van der Waals surface area contributed by atoms with Gasteiger partial charge in [-0.2, -0.15) is 11.8 Å². The third kappa shape index (κ3) is 3.34. The second kappa shape index (κ2) is 6.54. The molecule has 1 fully saturated rings. The predicted octanol–water partition coefficient (Wildman–Crippen LogP) is 2.22. The van der Waals surface area contributed by atoms with E-state index in [-0.39, 0.29) is 12.5 Å². The van der Waals surface area contributed by atoms with E-state index in [9.17, 15) is 9.90 Å². The van der Waals surface area contributed by atoms with Crippen LogP contribution in [0.1, 0.15) is 18.5 Å². The summed E-state index contributed by atoms with van der Waals surface area (Å²) in [4.78, 5) is 12.1. The Morgan fingerprint density at radius 3 is 2.77 bits per heavy atom. The molecule has 1 saturated heterocycles. The van der Waals surface area contributed by atoms with Gasteiger partial charge in [0.05, 0.1) is 6.54 Å². The number of hydrogen-bond acceptors (Lipinski definition) is 5. The first-order chi connectivity index (χ1) is 10.7. The predicted molar refractivity (Wildman–Crippen MR) is 85.3 cm³/mol. The molecule has 0 radical (unpaired) electrons. The Bertz CT molecular complexity index is 636. The SMILES string of the molecule is O=C(NCc1cc(-c2ccccc2)on1)C1(O)CCSCC1. The molecular formula is C16H18N2O3S. The lowest BCUT2D eigenvalue weighted by molar-refractivity contribution is -0.140. The van der Waals surface area contributed by atoms with Crippen molar-refractivity contribution in [3.8, 4) is 11.3 Å². The van der Waals surface area contributed by atoms with Crippen LogP contribution in [-0.2, 0) is 11.3 Å². The van der Waals surface area contributed by atoms with E-state index >= 15 is 0 Å². The molecule has 0 atom stereocenters. The van der Waals surface area contributed by atoms with Crippen LogP contribution in [0.25, 0.3) is 11.3 Å². The van der Waals surface area contributed by atoms with Crippen LogP contribution in [-0.4, -0.2) is 33.3 Å². The monoisotopic (exact) mass is 318 g/mol. The average Bonchev–Trinajstić information content (AvgIpc) is 3.03. The summed E-state index contributed by atoms with van der Waals surface area (Å²) < 4.78 is 5.29. The van der Waals surface area contributed by atoms with Crippen molar-refractivity contribution in [2.24, 2.45) is 0 Å². The summed E-state index contributed by atoms with van der Waals surface area (Å²) in [6.07, 6.45) is 0.995. The highest BCUT2D eigenvalue weighted by molar-refractivity contribution is 7.99. The maximum Gasteiger partial charge on any atom is 0.252 e. The fourth-order valence-electron chi connectivity index (χ4n) is 2.41. The number of rotatable bonds is 4. The zero-order valence-electron chi connectivity index (χ0n) is 12.1. The number of carbonyl (C=O) groups excluding carboxylic acids is 1. The molecule has 3 rings (SSSR count). The Labute approximate surface area is 133 Å². The van der Waals surface area contributed by atoms with Crippen LogP contribution in [0.3, 0.4) is 0 Å². The fourth-order valence-corrected chi connectivity index (χ4v) is 3.57. The molecule has 2 aromatic rings. The molecule has 1 aromatic heterocycles. The minimum Gasteiger partial charge on any atom is -0.380 e. The van der Waals surface area contributed by atoms with Gasteiger partial charge in [-0.25, -0.2) is 0 Å². The largest absolute Gasteiger partial charge is 0.380 e. The highest BCUT2D eigenvalue weighted by Gasteiger charge is 2.37. The number of benzene rings is 1. The zero-order chi connectivity index (χ0) is 15.4. The Morgan fingerprint density at radius 2 is 2.05 bits per heavy atom. The standard InChI is InChI=1S/C16H18N2O3S/c19-15(16(20)6-8-22-9-7-16)17-11-13-10-14(21-18-13)12-4-2-1-3-5-12/h1-5,10,20H,6-9,11H2,(H,17,19). The van der Waals surface area contributed by atoms with Crippen LogP contribution in [0.15, 0.2) is 40.9 Å². The van der Waals surface area contributed by atoms with E-state index in [4.69, 9.17) is 4.52 Å². The number of amides is 1. The van der Waals surface area contributed by atoms with Crippen molar-refractivity contribution in [2.75, 3.05) is 11.5 Å². The number of thioether (sulfide) groups is 1. The Balaban J connectivity index is 1.60. The zero-order valence-corrected chi connectivity index (χ0v) is 12.9. The third-order valence-electron chi connectivity index (χ3n) is 3.79. The summed E-state index contributed by atoms with van der Waals surface area (Å²) in [7, 11) is 0. The number of nitrogens with zero attached hydrogens (tertiary/aromatic N) is 1. The molecule has 0 unspecified atom stereocenters. The Hall–Kier alpha value is -1.79. The summed E-state index contributed by atoms with van der Waals surface area (Å²) >= 11 is 1.76. The first-order valence-electron chi connectivity index (χ1n) is 7.27. The van der Waals surface area contributed by atoms with Crippen molar-refractivity contribution in [3.05, 3.63) is 42.1 Å².